The summed E-state index contributed by atoms with van der Waals surface area (Å²) < 4.78 is 28.2. The standard InChI is InChI=1S/C10H15ClN4O3S/c1-6(2)14-19(17,18)15-9-5-7(11)3-4-8(9)10(12)13-16/h3-6,14-16H,1-2H3,(H2,12,13). The molecule has 0 aliphatic heterocycles. The molecule has 0 bridgehead atoms. The summed E-state index contributed by atoms with van der Waals surface area (Å²) in [5, 5.41) is 11.8. The molecule has 0 atom stereocenters. The molecule has 1 aromatic carbocycles. The number of hydrogen-bond acceptors (Lipinski definition) is 4. The van der Waals surface area contributed by atoms with Gasteiger partial charge in [-0.25, -0.2) is 0 Å². The first-order chi connectivity index (χ1) is 8.75. The molecule has 19 heavy (non-hydrogen) atoms. The van der Waals surface area contributed by atoms with Gasteiger partial charge >= 0.3 is 0 Å². The van der Waals surface area contributed by atoms with Gasteiger partial charge in [-0.3, -0.25) is 4.72 Å². The van der Waals surface area contributed by atoms with Gasteiger partial charge < -0.3 is 10.9 Å². The summed E-state index contributed by atoms with van der Waals surface area (Å²) in [6.45, 7) is 3.36. The minimum atomic E-state index is -3.77. The summed E-state index contributed by atoms with van der Waals surface area (Å²) in [5.74, 6) is -0.223. The Hall–Kier alpha value is -1.51. The van der Waals surface area contributed by atoms with Crippen LogP contribution in [0.3, 0.4) is 0 Å². The first-order valence-electron chi connectivity index (χ1n) is 5.32. The summed E-state index contributed by atoms with van der Waals surface area (Å²) in [4.78, 5) is 0. The van der Waals surface area contributed by atoms with Gasteiger partial charge in [0, 0.05) is 16.6 Å². The van der Waals surface area contributed by atoms with Crippen LogP contribution in [0.2, 0.25) is 5.02 Å². The van der Waals surface area contributed by atoms with Crippen molar-refractivity contribution in [2.75, 3.05) is 4.72 Å². The minimum absolute atomic E-state index is 0.121. The maximum atomic E-state index is 11.8. The zero-order valence-corrected chi connectivity index (χ0v) is 12.0. The summed E-state index contributed by atoms with van der Waals surface area (Å²) >= 11 is 5.80. The molecule has 0 heterocycles. The van der Waals surface area contributed by atoms with Gasteiger partial charge in [0.2, 0.25) is 0 Å². The van der Waals surface area contributed by atoms with Gasteiger partial charge in [0.25, 0.3) is 10.2 Å². The third-order valence-corrected chi connectivity index (χ3v) is 3.51. The molecule has 0 saturated carbocycles. The van der Waals surface area contributed by atoms with E-state index in [0.29, 0.717) is 5.02 Å². The molecule has 1 rings (SSSR count). The SMILES string of the molecule is CC(C)NS(=O)(=O)Nc1cc(Cl)ccc1/C(N)=N/O. The second-order valence-corrected chi connectivity index (χ2v) is 5.94. The van der Waals surface area contributed by atoms with Crippen molar-refractivity contribution in [2.45, 2.75) is 19.9 Å². The summed E-state index contributed by atoms with van der Waals surface area (Å²) in [7, 11) is -3.77. The topological polar surface area (TPSA) is 117 Å². The number of benzene rings is 1. The fourth-order valence-corrected chi connectivity index (χ4v) is 2.67. The predicted molar refractivity (Wildman–Crippen MR) is 74.8 cm³/mol. The molecular weight excluding hydrogens is 292 g/mol. The highest BCUT2D eigenvalue weighted by Crippen LogP contribution is 2.21. The van der Waals surface area contributed by atoms with Gasteiger partial charge in [0.15, 0.2) is 5.84 Å². The minimum Gasteiger partial charge on any atom is -0.409 e. The lowest BCUT2D eigenvalue weighted by molar-refractivity contribution is 0.318. The van der Waals surface area contributed by atoms with E-state index in [0.717, 1.165) is 0 Å². The Bertz CT molecular complexity index is 586. The van der Waals surface area contributed by atoms with Crippen LogP contribution in [0.25, 0.3) is 0 Å². The average molecular weight is 307 g/mol. The van der Waals surface area contributed by atoms with Crippen molar-refractivity contribution in [1.29, 1.82) is 0 Å². The van der Waals surface area contributed by atoms with E-state index in [1.54, 1.807) is 13.8 Å². The lowest BCUT2D eigenvalue weighted by Gasteiger charge is -2.14. The molecule has 0 saturated heterocycles. The Morgan fingerprint density at radius 1 is 1.47 bits per heavy atom. The third kappa shape index (κ3) is 4.58. The zero-order chi connectivity index (χ0) is 14.6. The predicted octanol–water partition coefficient (Wildman–Crippen LogP) is 1.09. The number of nitrogens with one attached hydrogen (secondary N) is 2. The van der Waals surface area contributed by atoms with Crippen molar-refractivity contribution in [1.82, 2.24) is 4.72 Å². The highest BCUT2D eigenvalue weighted by Gasteiger charge is 2.16. The molecule has 9 heteroatoms. The highest BCUT2D eigenvalue weighted by atomic mass is 35.5. The van der Waals surface area contributed by atoms with Crippen molar-refractivity contribution >= 4 is 33.3 Å². The van der Waals surface area contributed by atoms with Crippen LogP contribution < -0.4 is 15.2 Å². The zero-order valence-electron chi connectivity index (χ0n) is 10.4. The van der Waals surface area contributed by atoms with E-state index in [9.17, 15) is 8.42 Å². The number of amidine groups is 1. The van der Waals surface area contributed by atoms with E-state index < -0.39 is 10.2 Å². The molecule has 0 aliphatic carbocycles. The molecule has 0 fully saturated rings. The molecule has 0 unspecified atom stereocenters. The van der Waals surface area contributed by atoms with Crippen molar-refractivity contribution < 1.29 is 13.6 Å². The first-order valence-corrected chi connectivity index (χ1v) is 7.19. The number of nitrogens with zero attached hydrogens (tertiary/aromatic N) is 1. The van der Waals surface area contributed by atoms with Gasteiger partial charge in [-0.1, -0.05) is 16.8 Å². The summed E-state index contributed by atoms with van der Waals surface area (Å²) in [6, 6.07) is 4.05. The summed E-state index contributed by atoms with van der Waals surface area (Å²) in [6.07, 6.45) is 0. The lowest BCUT2D eigenvalue weighted by Crippen LogP contribution is -2.35. The molecule has 106 valence electrons. The van der Waals surface area contributed by atoms with Crippen LogP contribution in [0.5, 0.6) is 0 Å². The molecule has 0 spiro atoms. The Kier molecular flexibility index (Phi) is 4.98. The second-order valence-electron chi connectivity index (χ2n) is 4.05. The fourth-order valence-electron chi connectivity index (χ4n) is 1.36. The van der Waals surface area contributed by atoms with E-state index in [1.807, 2.05) is 0 Å². The van der Waals surface area contributed by atoms with Crippen molar-refractivity contribution in [2.24, 2.45) is 10.9 Å². The Morgan fingerprint density at radius 3 is 2.63 bits per heavy atom. The van der Waals surface area contributed by atoms with Crippen LogP contribution in [-0.4, -0.2) is 25.5 Å². The number of oxime groups is 1. The van der Waals surface area contributed by atoms with Crippen LogP contribution in [0, 0.1) is 0 Å². The van der Waals surface area contributed by atoms with Crippen LogP contribution in [0.4, 0.5) is 5.69 Å². The maximum Gasteiger partial charge on any atom is 0.299 e. The molecular formula is C10H15ClN4O3S. The van der Waals surface area contributed by atoms with Gasteiger partial charge in [0.05, 0.1) is 5.69 Å². The molecule has 7 nitrogen and oxygen atoms in total. The lowest BCUT2D eigenvalue weighted by atomic mass is 10.1. The van der Waals surface area contributed by atoms with Gasteiger partial charge in [-0.2, -0.15) is 13.1 Å². The van der Waals surface area contributed by atoms with E-state index in [2.05, 4.69) is 14.6 Å². The molecule has 0 amide bonds. The van der Waals surface area contributed by atoms with E-state index in [4.69, 9.17) is 22.5 Å². The Morgan fingerprint density at radius 2 is 2.11 bits per heavy atom. The monoisotopic (exact) mass is 306 g/mol. The first kappa shape index (κ1) is 15.5. The number of halogens is 1. The molecule has 1 aromatic rings. The van der Waals surface area contributed by atoms with Crippen LogP contribution in [0.15, 0.2) is 23.4 Å². The highest BCUT2D eigenvalue weighted by molar-refractivity contribution is 7.90. The summed E-state index contributed by atoms with van der Waals surface area (Å²) in [5.41, 5.74) is 5.81. The third-order valence-electron chi connectivity index (χ3n) is 2.00. The van der Waals surface area contributed by atoms with Gasteiger partial charge in [-0.05, 0) is 32.0 Å². The van der Waals surface area contributed by atoms with E-state index in [-0.39, 0.29) is 23.1 Å². The Balaban J connectivity index is 3.16. The number of anilines is 1. The largest absolute Gasteiger partial charge is 0.409 e. The number of rotatable bonds is 5. The van der Waals surface area contributed by atoms with Crippen LogP contribution in [0.1, 0.15) is 19.4 Å². The average Bonchev–Trinajstić information content (AvgIpc) is 2.25. The van der Waals surface area contributed by atoms with Gasteiger partial charge in [-0.15, -0.1) is 0 Å². The fraction of sp³-hybridized carbons (Fsp3) is 0.300. The van der Waals surface area contributed by atoms with E-state index >= 15 is 0 Å². The van der Waals surface area contributed by atoms with Crippen LogP contribution >= 0.6 is 11.6 Å². The van der Waals surface area contributed by atoms with Gasteiger partial charge in [0.1, 0.15) is 0 Å². The van der Waals surface area contributed by atoms with Crippen molar-refractivity contribution in [3.63, 3.8) is 0 Å². The number of hydrogen-bond donors (Lipinski definition) is 4. The van der Waals surface area contributed by atoms with Crippen LogP contribution in [-0.2, 0) is 10.2 Å². The molecule has 5 N–H and O–H groups in total. The maximum absolute atomic E-state index is 11.8. The Labute approximate surface area is 116 Å². The second kappa shape index (κ2) is 6.09. The smallest absolute Gasteiger partial charge is 0.299 e. The molecule has 0 radical (unpaired) electrons. The number of nitrogens with two attached hydrogens (primary N) is 1. The molecule has 0 aliphatic rings. The normalized spacial score (nSPS) is 12.7. The quantitative estimate of drug-likeness (QED) is 0.282. The van der Waals surface area contributed by atoms with E-state index in [1.165, 1.54) is 18.2 Å². The molecule has 0 aromatic heterocycles. The van der Waals surface area contributed by atoms with Crippen molar-refractivity contribution in [3.05, 3.63) is 28.8 Å². The van der Waals surface area contributed by atoms with Crippen molar-refractivity contribution in [3.8, 4) is 0 Å².